The highest BCUT2D eigenvalue weighted by atomic mass is 35.5. The van der Waals surface area contributed by atoms with Crippen molar-refractivity contribution in [3.05, 3.63) is 11.0 Å². The SMILES string of the molecule is Cc1nc(Cl)nc(N(C)C2CCCCC2C)c1N. The van der Waals surface area contributed by atoms with Gasteiger partial charge in [-0.3, -0.25) is 0 Å². The van der Waals surface area contributed by atoms with Crippen LogP contribution in [0.1, 0.15) is 38.3 Å². The molecule has 4 nitrogen and oxygen atoms in total. The number of nitrogens with two attached hydrogens (primary N) is 1. The average Bonchev–Trinajstić information content (AvgIpc) is 2.33. The molecule has 0 radical (unpaired) electrons. The van der Waals surface area contributed by atoms with Gasteiger partial charge in [-0.15, -0.1) is 0 Å². The van der Waals surface area contributed by atoms with E-state index in [-0.39, 0.29) is 5.28 Å². The molecule has 2 rings (SSSR count). The third kappa shape index (κ3) is 2.53. The molecule has 5 heteroatoms. The predicted octanol–water partition coefficient (Wildman–Crippen LogP) is 3.04. The van der Waals surface area contributed by atoms with Gasteiger partial charge in [-0.1, -0.05) is 19.8 Å². The lowest BCUT2D eigenvalue weighted by molar-refractivity contribution is 0.320. The van der Waals surface area contributed by atoms with Gasteiger partial charge in [-0.2, -0.15) is 4.98 Å². The van der Waals surface area contributed by atoms with Crippen molar-refractivity contribution in [3.63, 3.8) is 0 Å². The number of rotatable bonds is 2. The Morgan fingerprint density at radius 3 is 2.61 bits per heavy atom. The van der Waals surface area contributed by atoms with Crippen LogP contribution in [0.3, 0.4) is 0 Å². The molecule has 0 bridgehead atoms. The van der Waals surface area contributed by atoms with Crippen molar-refractivity contribution < 1.29 is 0 Å². The first-order valence-corrected chi connectivity index (χ1v) is 6.91. The Balaban J connectivity index is 2.30. The van der Waals surface area contributed by atoms with Gasteiger partial charge in [0.2, 0.25) is 5.28 Å². The Bertz CT molecular complexity index is 435. The molecule has 0 spiro atoms. The van der Waals surface area contributed by atoms with Crippen molar-refractivity contribution in [1.29, 1.82) is 0 Å². The zero-order chi connectivity index (χ0) is 13.3. The van der Waals surface area contributed by atoms with Crippen LogP contribution < -0.4 is 10.6 Å². The summed E-state index contributed by atoms with van der Waals surface area (Å²) in [7, 11) is 2.06. The van der Waals surface area contributed by atoms with Gasteiger partial charge in [0.05, 0.1) is 11.4 Å². The minimum Gasteiger partial charge on any atom is -0.394 e. The van der Waals surface area contributed by atoms with Crippen LogP contribution in [-0.2, 0) is 0 Å². The molecule has 0 amide bonds. The van der Waals surface area contributed by atoms with Gasteiger partial charge in [0, 0.05) is 13.1 Å². The van der Waals surface area contributed by atoms with Crippen molar-refractivity contribution in [3.8, 4) is 0 Å². The Morgan fingerprint density at radius 2 is 1.94 bits per heavy atom. The van der Waals surface area contributed by atoms with Crippen molar-refractivity contribution >= 4 is 23.1 Å². The van der Waals surface area contributed by atoms with E-state index in [4.69, 9.17) is 17.3 Å². The molecule has 1 aromatic heterocycles. The van der Waals surface area contributed by atoms with Gasteiger partial charge in [0.15, 0.2) is 5.82 Å². The lowest BCUT2D eigenvalue weighted by atomic mass is 9.85. The molecule has 1 saturated carbocycles. The van der Waals surface area contributed by atoms with E-state index in [2.05, 4.69) is 28.8 Å². The first-order valence-electron chi connectivity index (χ1n) is 6.53. The maximum atomic E-state index is 6.08. The van der Waals surface area contributed by atoms with E-state index < -0.39 is 0 Å². The fourth-order valence-electron chi connectivity index (χ4n) is 2.83. The van der Waals surface area contributed by atoms with Crippen LogP contribution in [0.4, 0.5) is 11.5 Å². The Hall–Kier alpha value is -1.03. The summed E-state index contributed by atoms with van der Waals surface area (Å²) < 4.78 is 0. The average molecular weight is 269 g/mol. The van der Waals surface area contributed by atoms with E-state index >= 15 is 0 Å². The van der Waals surface area contributed by atoms with Crippen LogP contribution in [-0.4, -0.2) is 23.1 Å². The topological polar surface area (TPSA) is 55.0 Å². The number of hydrogen-bond donors (Lipinski definition) is 1. The third-order valence-electron chi connectivity index (χ3n) is 3.99. The van der Waals surface area contributed by atoms with E-state index in [1.165, 1.54) is 25.7 Å². The van der Waals surface area contributed by atoms with Crippen molar-refractivity contribution in [2.24, 2.45) is 5.92 Å². The van der Waals surface area contributed by atoms with Crippen LogP contribution in [0.5, 0.6) is 0 Å². The Morgan fingerprint density at radius 1 is 1.28 bits per heavy atom. The fraction of sp³-hybridized carbons (Fsp3) is 0.692. The molecule has 100 valence electrons. The molecule has 2 N–H and O–H groups in total. The van der Waals surface area contributed by atoms with E-state index in [9.17, 15) is 0 Å². The van der Waals surface area contributed by atoms with E-state index in [0.29, 0.717) is 17.6 Å². The van der Waals surface area contributed by atoms with Crippen molar-refractivity contribution in [1.82, 2.24) is 9.97 Å². The minimum atomic E-state index is 0.270. The third-order valence-corrected chi connectivity index (χ3v) is 4.16. The lowest BCUT2D eigenvalue weighted by Crippen LogP contribution is -2.40. The largest absolute Gasteiger partial charge is 0.394 e. The first kappa shape index (κ1) is 13.4. The van der Waals surface area contributed by atoms with Crippen LogP contribution in [0.15, 0.2) is 0 Å². The molecule has 0 aromatic carbocycles. The maximum Gasteiger partial charge on any atom is 0.224 e. The molecule has 1 aromatic rings. The number of aryl methyl sites for hydroxylation is 1. The summed E-state index contributed by atoms with van der Waals surface area (Å²) in [6, 6.07) is 0.492. The molecule has 1 aliphatic rings. The van der Waals surface area contributed by atoms with Crippen molar-refractivity contribution in [2.75, 3.05) is 17.7 Å². The number of aromatic nitrogens is 2. The van der Waals surface area contributed by atoms with E-state index in [0.717, 1.165) is 11.5 Å². The summed E-state index contributed by atoms with van der Waals surface area (Å²) in [6.45, 7) is 4.16. The number of anilines is 2. The molecular formula is C13H21ClN4. The van der Waals surface area contributed by atoms with Gasteiger partial charge in [0.25, 0.3) is 0 Å². The number of halogens is 1. The lowest BCUT2D eigenvalue weighted by Gasteiger charge is -2.37. The predicted molar refractivity (Wildman–Crippen MR) is 76.0 cm³/mol. The molecular weight excluding hydrogens is 248 g/mol. The maximum absolute atomic E-state index is 6.08. The van der Waals surface area contributed by atoms with E-state index in [1.807, 2.05) is 6.92 Å². The molecule has 0 saturated heterocycles. The zero-order valence-electron chi connectivity index (χ0n) is 11.3. The molecule has 1 heterocycles. The molecule has 0 aliphatic heterocycles. The molecule has 1 aliphatic carbocycles. The molecule has 1 fully saturated rings. The standard InChI is InChI=1S/C13H21ClN4/c1-8-6-4-5-7-10(8)18(3)12-11(15)9(2)16-13(14)17-12/h8,10H,4-7,15H2,1-3H3. The zero-order valence-corrected chi connectivity index (χ0v) is 12.0. The first-order chi connectivity index (χ1) is 8.50. The number of nitrogens with zero attached hydrogens (tertiary/aromatic N) is 3. The highest BCUT2D eigenvalue weighted by molar-refractivity contribution is 6.28. The normalized spacial score (nSPS) is 24.0. The van der Waals surface area contributed by atoms with Crippen LogP contribution in [0.25, 0.3) is 0 Å². The fourth-order valence-corrected chi connectivity index (χ4v) is 3.04. The monoisotopic (exact) mass is 268 g/mol. The minimum absolute atomic E-state index is 0.270. The van der Waals surface area contributed by atoms with Gasteiger partial charge in [-0.05, 0) is 37.3 Å². The van der Waals surface area contributed by atoms with E-state index in [1.54, 1.807) is 0 Å². The molecule has 2 atom stereocenters. The quantitative estimate of drug-likeness (QED) is 0.838. The smallest absolute Gasteiger partial charge is 0.224 e. The number of hydrogen-bond acceptors (Lipinski definition) is 4. The Kier molecular flexibility index (Phi) is 3.95. The van der Waals surface area contributed by atoms with Gasteiger partial charge >= 0.3 is 0 Å². The highest BCUT2D eigenvalue weighted by Crippen LogP contribution is 2.33. The summed E-state index contributed by atoms with van der Waals surface area (Å²) in [4.78, 5) is 10.6. The van der Waals surface area contributed by atoms with Gasteiger partial charge in [0.1, 0.15) is 0 Å². The second-order valence-corrected chi connectivity index (χ2v) is 5.59. The summed E-state index contributed by atoms with van der Waals surface area (Å²) in [6.07, 6.45) is 5.06. The van der Waals surface area contributed by atoms with Gasteiger partial charge < -0.3 is 10.6 Å². The summed E-state index contributed by atoms with van der Waals surface area (Å²) in [5.41, 5.74) is 7.47. The van der Waals surface area contributed by atoms with Crippen molar-refractivity contribution in [2.45, 2.75) is 45.6 Å². The summed E-state index contributed by atoms with van der Waals surface area (Å²) >= 11 is 5.94. The van der Waals surface area contributed by atoms with Crippen LogP contribution in [0, 0.1) is 12.8 Å². The molecule has 2 unspecified atom stereocenters. The number of nitrogen functional groups attached to an aromatic ring is 1. The van der Waals surface area contributed by atoms with Crippen LogP contribution >= 0.6 is 11.6 Å². The Labute approximate surface area is 114 Å². The second-order valence-electron chi connectivity index (χ2n) is 5.26. The van der Waals surface area contributed by atoms with Crippen LogP contribution in [0.2, 0.25) is 5.28 Å². The summed E-state index contributed by atoms with van der Waals surface area (Å²) in [5.74, 6) is 1.43. The molecule has 18 heavy (non-hydrogen) atoms. The summed E-state index contributed by atoms with van der Waals surface area (Å²) in [5, 5.41) is 0.270. The highest BCUT2D eigenvalue weighted by Gasteiger charge is 2.27. The van der Waals surface area contributed by atoms with Gasteiger partial charge in [-0.25, -0.2) is 4.98 Å². The second kappa shape index (κ2) is 5.31.